The van der Waals surface area contributed by atoms with Crippen molar-refractivity contribution in [2.75, 3.05) is 7.11 Å². The zero-order valence-electron chi connectivity index (χ0n) is 15.5. The topological polar surface area (TPSA) is 117 Å². The van der Waals surface area contributed by atoms with Crippen molar-refractivity contribution >= 4 is 22.8 Å². The molecule has 1 aromatic heterocycles. The number of aliphatic hydroxyl groups is 1. The molecule has 0 bridgehead atoms. The Labute approximate surface area is 156 Å². The van der Waals surface area contributed by atoms with Gasteiger partial charge < -0.3 is 20.1 Å². The lowest BCUT2D eigenvalue weighted by Gasteiger charge is -2.34. The molecular weight excluding hydrogens is 350 g/mol. The second-order valence-electron chi connectivity index (χ2n) is 7.15. The minimum Gasteiger partial charge on any atom is -0.497 e. The first-order valence-electron chi connectivity index (χ1n) is 8.41. The van der Waals surface area contributed by atoms with Crippen molar-refractivity contribution in [1.29, 1.82) is 0 Å². The molecule has 1 aromatic carbocycles. The predicted octanol–water partition coefficient (Wildman–Crippen LogP) is 2.96. The number of carbonyl (C=O) groups is 2. The van der Waals surface area contributed by atoms with E-state index in [1.165, 1.54) is 0 Å². The first kappa shape index (κ1) is 20.4. The lowest BCUT2D eigenvalue weighted by Crippen LogP contribution is -2.26. The van der Waals surface area contributed by atoms with Gasteiger partial charge in [-0.1, -0.05) is 13.8 Å². The molecule has 0 fully saturated rings. The molecule has 0 spiro atoms. The third-order valence-electron chi connectivity index (χ3n) is 4.26. The number of benzene rings is 1. The maximum atomic E-state index is 10.3. The highest BCUT2D eigenvalue weighted by molar-refractivity contribution is 5.89. The van der Waals surface area contributed by atoms with E-state index in [0.29, 0.717) is 12.2 Å². The number of carboxylic acids is 2. The number of fused-ring (bicyclic) bond motifs is 2. The number of nitrogens with zero attached hydrogens (tertiary/aromatic N) is 1. The molecule has 7 heteroatoms. The first-order valence-corrected chi connectivity index (χ1v) is 8.41. The molecule has 1 atom stereocenters. The van der Waals surface area contributed by atoms with Crippen molar-refractivity contribution in [2.24, 2.45) is 5.41 Å². The molecule has 1 unspecified atom stereocenters. The number of aromatic nitrogens is 1. The van der Waals surface area contributed by atoms with Gasteiger partial charge in [-0.2, -0.15) is 0 Å². The van der Waals surface area contributed by atoms with Crippen LogP contribution < -0.4 is 4.74 Å². The van der Waals surface area contributed by atoms with Crippen LogP contribution in [0.15, 0.2) is 36.4 Å². The van der Waals surface area contributed by atoms with Crippen LogP contribution in [0.1, 0.15) is 37.6 Å². The van der Waals surface area contributed by atoms with Crippen LogP contribution >= 0.6 is 0 Å². The van der Waals surface area contributed by atoms with Crippen molar-refractivity contribution in [3.63, 3.8) is 0 Å². The molecule has 0 radical (unpaired) electrons. The number of ether oxygens (including phenoxy) is 1. The van der Waals surface area contributed by atoms with Crippen LogP contribution in [0.5, 0.6) is 5.75 Å². The number of hydrogen-bond acceptors (Lipinski definition) is 5. The Kier molecular flexibility index (Phi) is 6.17. The van der Waals surface area contributed by atoms with Gasteiger partial charge >= 0.3 is 11.9 Å². The van der Waals surface area contributed by atoms with Crippen molar-refractivity contribution in [1.82, 2.24) is 4.98 Å². The van der Waals surface area contributed by atoms with Gasteiger partial charge in [0.05, 0.1) is 18.7 Å². The maximum Gasteiger partial charge on any atom is 0.328 e. The van der Waals surface area contributed by atoms with E-state index in [4.69, 9.17) is 19.9 Å². The van der Waals surface area contributed by atoms with Gasteiger partial charge in [-0.25, -0.2) is 9.59 Å². The molecule has 0 saturated heterocycles. The molecule has 1 aliphatic carbocycles. The third kappa shape index (κ3) is 5.52. The van der Waals surface area contributed by atoms with Crippen molar-refractivity contribution in [3.05, 3.63) is 47.7 Å². The summed E-state index contributed by atoms with van der Waals surface area (Å²) in [5.74, 6) is -1.70. The maximum absolute atomic E-state index is 10.3. The number of pyridine rings is 1. The fourth-order valence-electron chi connectivity index (χ4n) is 3.06. The summed E-state index contributed by atoms with van der Waals surface area (Å²) < 4.78 is 5.24. The fourth-order valence-corrected chi connectivity index (χ4v) is 3.06. The van der Waals surface area contributed by atoms with E-state index in [-0.39, 0.29) is 5.41 Å². The third-order valence-corrected chi connectivity index (χ3v) is 4.26. The lowest BCUT2D eigenvalue weighted by atomic mass is 9.74. The van der Waals surface area contributed by atoms with Crippen LogP contribution in [0.4, 0.5) is 0 Å². The second-order valence-corrected chi connectivity index (χ2v) is 7.15. The van der Waals surface area contributed by atoms with Crippen LogP contribution in [0.3, 0.4) is 0 Å². The summed E-state index contributed by atoms with van der Waals surface area (Å²) in [5.41, 5.74) is 3.04. The van der Waals surface area contributed by atoms with E-state index in [1.807, 2.05) is 18.2 Å². The summed E-state index contributed by atoms with van der Waals surface area (Å²) in [6, 6.07) is 7.93. The highest BCUT2D eigenvalue weighted by Crippen LogP contribution is 2.41. The van der Waals surface area contributed by atoms with Gasteiger partial charge in [0.15, 0.2) is 0 Å². The molecule has 0 amide bonds. The number of carboxylic acid groups (broad SMARTS) is 2. The van der Waals surface area contributed by atoms with Gasteiger partial charge in [-0.05, 0) is 36.5 Å². The molecule has 2 aromatic rings. The van der Waals surface area contributed by atoms with Crippen LogP contribution in [-0.4, -0.2) is 39.4 Å². The second kappa shape index (κ2) is 8.18. The van der Waals surface area contributed by atoms with Crippen LogP contribution in [0.2, 0.25) is 0 Å². The van der Waals surface area contributed by atoms with Crippen molar-refractivity contribution in [3.8, 4) is 5.75 Å². The standard InChI is InChI=1S/C16H19NO2.C4H4O4/c1-16(2)8-14-12(15(18)9-16)6-10-4-5-11(19-3)7-13(10)17-14;5-3(6)1-2-4(7)8/h4-7,15,18H,8-9H2,1-3H3;1-2H,(H,5,6)(H,7,8)/b;2-1-. The zero-order valence-corrected chi connectivity index (χ0v) is 15.5. The highest BCUT2D eigenvalue weighted by Gasteiger charge is 2.32. The lowest BCUT2D eigenvalue weighted by molar-refractivity contribution is -0.134. The van der Waals surface area contributed by atoms with E-state index in [1.54, 1.807) is 7.11 Å². The average Bonchev–Trinajstić information content (AvgIpc) is 2.57. The average molecular weight is 373 g/mol. The van der Waals surface area contributed by atoms with Crippen molar-refractivity contribution in [2.45, 2.75) is 32.8 Å². The number of aliphatic hydroxyl groups excluding tert-OH is 1. The summed E-state index contributed by atoms with van der Waals surface area (Å²) in [7, 11) is 1.66. The quantitative estimate of drug-likeness (QED) is 0.708. The first-order chi connectivity index (χ1) is 12.6. The summed E-state index contributed by atoms with van der Waals surface area (Å²) >= 11 is 0. The largest absolute Gasteiger partial charge is 0.497 e. The summed E-state index contributed by atoms with van der Waals surface area (Å²) in [4.78, 5) is 23.8. The van der Waals surface area contributed by atoms with Gasteiger partial charge in [0.25, 0.3) is 0 Å². The van der Waals surface area contributed by atoms with Gasteiger partial charge in [-0.15, -0.1) is 0 Å². The Bertz CT molecular complexity index is 871. The molecule has 0 aliphatic heterocycles. The van der Waals surface area contributed by atoms with Gasteiger partial charge in [0, 0.05) is 34.9 Å². The van der Waals surface area contributed by atoms with Crippen LogP contribution in [0.25, 0.3) is 10.9 Å². The van der Waals surface area contributed by atoms with Crippen LogP contribution in [0, 0.1) is 5.41 Å². The Morgan fingerprint density at radius 1 is 1.19 bits per heavy atom. The summed E-state index contributed by atoms with van der Waals surface area (Å²) in [6.07, 6.45) is 2.42. The molecule has 1 heterocycles. The minimum absolute atomic E-state index is 0.103. The Balaban J connectivity index is 0.000000279. The molecule has 7 nitrogen and oxygen atoms in total. The Hall–Kier alpha value is -2.93. The smallest absolute Gasteiger partial charge is 0.328 e. The highest BCUT2D eigenvalue weighted by atomic mass is 16.5. The molecule has 27 heavy (non-hydrogen) atoms. The number of methoxy groups -OCH3 is 1. The zero-order chi connectivity index (χ0) is 20.2. The monoisotopic (exact) mass is 373 g/mol. The number of rotatable bonds is 3. The molecule has 0 saturated carbocycles. The van der Waals surface area contributed by atoms with E-state index in [0.717, 1.165) is 40.8 Å². The molecule has 144 valence electrons. The number of aliphatic carboxylic acids is 2. The summed E-state index contributed by atoms with van der Waals surface area (Å²) in [6.45, 7) is 4.35. The predicted molar refractivity (Wildman–Crippen MR) is 99.8 cm³/mol. The number of hydrogen-bond donors (Lipinski definition) is 3. The molecule has 3 rings (SSSR count). The SMILES string of the molecule is COc1ccc2cc3c(nc2c1)CC(C)(C)CC3O.O=C(O)/C=C\C(=O)O. The van der Waals surface area contributed by atoms with E-state index < -0.39 is 18.0 Å². The van der Waals surface area contributed by atoms with Crippen molar-refractivity contribution < 1.29 is 29.6 Å². The molecular formula is C20H23NO6. The van der Waals surface area contributed by atoms with Gasteiger partial charge in [0.1, 0.15) is 5.75 Å². The minimum atomic E-state index is -1.26. The van der Waals surface area contributed by atoms with Crippen LogP contribution in [-0.2, 0) is 16.0 Å². The van der Waals surface area contributed by atoms with E-state index in [9.17, 15) is 14.7 Å². The van der Waals surface area contributed by atoms with E-state index in [2.05, 4.69) is 19.9 Å². The molecule has 1 aliphatic rings. The Morgan fingerprint density at radius 2 is 1.81 bits per heavy atom. The fraction of sp³-hybridized carbons (Fsp3) is 0.350. The summed E-state index contributed by atoms with van der Waals surface area (Å²) in [5, 5.41) is 27.0. The Morgan fingerprint density at radius 3 is 2.37 bits per heavy atom. The van der Waals surface area contributed by atoms with E-state index >= 15 is 0 Å². The van der Waals surface area contributed by atoms with Gasteiger partial charge in [0.2, 0.25) is 0 Å². The van der Waals surface area contributed by atoms with Gasteiger partial charge in [-0.3, -0.25) is 4.98 Å². The normalized spacial score (nSPS) is 17.7. The molecule has 3 N–H and O–H groups in total.